The SMILES string of the molecule is CCCCCc1c(C)nc2sc(C(=O)NC(C)(C)C)c(N)c2c1-c1cccs1. The number of aryl methyl sites for hydroxylation is 1. The highest BCUT2D eigenvalue weighted by molar-refractivity contribution is 7.21. The lowest BCUT2D eigenvalue weighted by molar-refractivity contribution is 0.0924. The Morgan fingerprint density at radius 1 is 1.29 bits per heavy atom. The predicted molar refractivity (Wildman–Crippen MR) is 123 cm³/mol. The number of aromatic nitrogens is 1. The van der Waals surface area contributed by atoms with Gasteiger partial charge in [0.15, 0.2) is 0 Å². The molecule has 3 N–H and O–H groups in total. The Bertz CT molecular complexity index is 982. The summed E-state index contributed by atoms with van der Waals surface area (Å²) < 4.78 is 0. The van der Waals surface area contributed by atoms with Crippen molar-refractivity contribution in [2.24, 2.45) is 0 Å². The van der Waals surface area contributed by atoms with E-state index in [9.17, 15) is 4.79 Å². The largest absolute Gasteiger partial charge is 0.397 e. The predicted octanol–water partition coefficient (Wildman–Crippen LogP) is 6.18. The molecular weight excluding hydrogens is 386 g/mol. The maximum Gasteiger partial charge on any atom is 0.263 e. The van der Waals surface area contributed by atoms with E-state index in [4.69, 9.17) is 10.7 Å². The molecule has 0 spiro atoms. The molecule has 150 valence electrons. The maximum absolute atomic E-state index is 12.8. The molecule has 3 rings (SSSR count). The number of rotatable bonds is 6. The van der Waals surface area contributed by atoms with Crippen molar-refractivity contribution >= 4 is 44.5 Å². The van der Waals surface area contributed by atoms with Crippen LogP contribution in [0.4, 0.5) is 5.69 Å². The fourth-order valence-electron chi connectivity index (χ4n) is 3.42. The zero-order chi connectivity index (χ0) is 20.5. The smallest absolute Gasteiger partial charge is 0.263 e. The molecule has 6 heteroatoms. The lowest BCUT2D eigenvalue weighted by Gasteiger charge is -2.20. The number of unbranched alkanes of at least 4 members (excludes halogenated alkanes) is 2. The van der Waals surface area contributed by atoms with Crippen molar-refractivity contribution in [1.29, 1.82) is 0 Å². The second kappa shape index (κ2) is 8.21. The number of hydrogen-bond acceptors (Lipinski definition) is 5. The molecule has 3 aromatic heterocycles. The number of thiophene rings is 2. The third-order valence-corrected chi connectivity index (χ3v) is 6.66. The minimum absolute atomic E-state index is 0.129. The highest BCUT2D eigenvalue weighted by Gasteiger charge is 2.25. The van der Waals surface area contributed by atoms with Gasteiger partial charge in [-0.15, -0.1) is 22.7 Å². The number of nitrogens with zero attached hydrogens (tertiary/aromatic N) is 1. The average Bonchev–Trinajstić information content (AvgIpc) is 3.22. The molecule has 28 heavy (non-hydrogen) atoms. The summed E-state index contributed by atoms with van der Waals surface area (Å²) in [5.74, 6) is -0.129. The summed E-state index contributed by atoms with van der Waals surface area (Å²) in [6.45, 7) is 10.2. The summed E-state index contributed by atoms with van der Waals surface area (Å²) in [6.07, 6.45) is 4.49. The number of amides is 1. The maximum atomic E-state index is 12.8. The van der Waals surface area contributed by atoms with Crippen molar-refractivity contribution in [1.82, 2.24) is 10.3 Å². The highest BCUT2D eigenvalue weighted by atomic mass is 32.1. The van der Waals surface area contributed by atoms with Crippen LogP contribution in [0, 0.1) is 6.92 Å². The van der Waals surface area contributed by atoms with E-state index in [1.165, 1.54) is 34.6 Å². The van der Waals surface area contributed by atoms with Crippen molar-refractivity contribution < 1.29 is 4.79 Å². The molecule has 0 aliphatic heterocycles. The first kappa shape index (κ1) is 20.8. The van der Waals surface area contributed by atoms with Crippen molar-refractivity contribution in [3.8, 4) is 10.4 Å². The van der Waals surface area contributed by atoms with Gasteiger partial charge in [-0.25, -0.2) is 4.98 Å². The fourth-order valence-corrected chi connectivity index (χ4v) is 5.27. The second-order valence-electron chi connectivity index (χ2n) is 8.21. The van der Waals surface area contributed by atoms with Gasteiger partial charge in [-0.3, -0.25) is 4.79 Å². The molecule has 0 aromatic carbocycles. The van der Waals surface area contributed by atoms with Crippen molar-refractivity contribution in [2.45, 2.75) is 65.8 Å². The Hall–Kier alpha value is -1.92. The number of carbonyl (C=O) groups is 1. The fraction of sp³-hybridized carbons (Fsp3) is 0.455. The minimum Gasteiger partial charge on any atom is -0.397 e. The van der Waals surface area contributed by atoms with Gasteiger partial charge in [-0.2, -0.15) is 0 Å². The van der Waals surface area contributed by atoms with Crippen LogP contribution in [-0.2, 0) is 6.42 Å². The standard InChI is InChI=1S/C22H29N3OS2/c1-6-7-8-10-14-13(2)24-21-17(16(14)15-11-9-12-27-15)18(23)19(28-21)20(26)25-22(3,4)5/h9,11-12H,6-8,10,23H2,1-5H3,(H,25,26). The Morgan fingerprint density at radius 2 is 2.04 bits per heavy atom. The third-order valence-electron chi connectivity index (χ3n) is 4.68. The third kappa shape index (κ3) is 4.23. The van der Waals surface area contributed by atoms with Gasteiger partial charge in [0.2, 0.25) is 0 Å². The Kier molecular flexibility index (Phi) is 6.10. The first-order valence-corrected chi connectivity index (χ1v) is 11.5. The van der Waals surface area contributed by atoms with Crippen LogP contribution in [0.2, 0.25) is 0 Å². The summed E-state index contributed by atoms with van der Waals surface area (Å²) in [6, 6.07) is 4.20. The zero-order valence-corrected chi connectivity index (χ0v) is 18.9. The lowest BCUT2D eigenvalue weighted by atomic mass is 9.96. The Labute approximate surface area is 175 Å². The average molecular weight is 416 g/mol. The van der Waals surface area contributed by atoms with Crippen molar-refractivity contribution in [3.05, 3.63) is 33.6 Å². The number of nitrogen functional groups attached to an aromatic ring is 1. The first-order chi connectivity index (χ1) is 13.2. The number of carbonyl (C=O) groups excluding carboxylic acids is 1. The van der Waals surface area contributed by atoms with Gasteiger partial charge in [-0.1, -0.05) is 25.8 Å². The molecular formula is C22H29N3OS2. The quantitative estimate of drug-likeness (QED) is 0.473. The molecule has 0 bridgehead atoms. The van der Waals surface area contributed by atoms with E-state index >= 15 is 0 Å². The van der Waals surface area contributed by atoms with Crippen LogP contribution >= 0.6 is 22.7 Å². The molecule has 3 aromatic rings. The number of fused-ring (bicyclic) bond motifs is 1. The zero-order valence-electron chi connectivity index (χ0n) is 17.3. The molecule has 0 unspecified atom stereocenters. The van der Waals surface area contributed by atoms with E-state index in [1.54, 1.807) is 11.3 Å². The van der Waals surface area contributed by atoms with Crippen molar-refractivity contribution in [2.75, 3.05) is 5.73 Å². The van der Waals surface area contributed by atoms with Gasteiger partial charge >= 0.3 is 0 Å². The second-order valence-corrected chi connectivity index (χ2v) is 10.2. The number of nitrogens with one attached hydrogen (secondary N) is 1. The van der Waals surface area contributed by atoms with Gasteiger partial charge in [0, 0.05) is 27.1 Å². The van der Waals surface area contributed by atoms with Crippen LogP contribution in [-0.4, -0.2) is 16.4 Å². The van der Waals surface area contributed by atoms with E-state index < -0.39 is 0 Å². The number of pyridine rings is 1. The number of nitrogens with two attached hydrogens (primary N) is 1. The van der Waals surface area contributed by atoms with Gasteiger partial charge in [0.05, 0.1) is 5.69 Å². The molecule has 0 saturated carbocycles. The van der Waals surface area contributed by atoms with E-state index in [-0.39, 0.29) is 11.4 Å². The lowest BCUT2D eigenvalue weighted by Crippen LogP contribution is -2.40. The van der Waals surface area contributed by atoms with Gasteiger partial charge < -0.3 is 11.1 Å². The first-order valence-electron chi connectivity index (χ1n) is 9.80. The highest BCUT2D eigenvalue weighted by Crippen LogP contribution is 2.43. The van der Waals surface area contributed by atoms with Crippen LogP contribution in [0.3, 0.4) is 0 Å². The molecule has 3 heterocycles. The summed E-state index contributed by atoms with van der Waals surface area (Å²) >= 11 is 3.10. The molecule has 0 saturated heterocycles. The van der Waals surface area contributed by atoms with E-state index in [0.29, 0.717) is 10.6 Å². The summed E-state index contributed by atoms with van der Waals surface area (Å²) in [7, 11) is 0. The molecule has 0 fully saturated rings. The van der Waals surface area contributed by atoms with Crippen molar-refractivity contribution in [3.63, 3.8) is 0 Å². The normalized spacial score (nSPS) is 11.9. The van der Waals surface area contributed by atoms with Crippen LogP contribution in [0.1, 0.15) is 67.9 Å². The molecule has 0 atom stereocenters. The van der Waals surface area contributed by atoms with E-state index in [0.717, 1.165) is 34.3 Å². The topological polar surface area (TPSA) is 68.0 Å². The molecule has 0 aliphatic rings. The number of hydrogen-bond donors (Lipinski definition) is 2. The van der Waals surface area contributed by atoms with Crippen LogP contribution in [0.5, 0.6) is 0 Å². The van der Waals surface area contributed by atoms with Crippen LogP contribution < -0.4 is 11.1 Å². The summed E-state index contributed by atoms with van der Waals surface area (Å²) in [5, 5.41) is 6.05. The summed E-state index contributed by atoms with van der Waals surface area (Å²) in [5.41, 5.74) is 10.3. The Morgan fingerprint density at radius 3 is 2.64 bits per heavy atom. The van der Waals surface area contributed by atoms with E-state index in [1.807, 2.05) is 20.8 Å². The van der Waals surface area contributed by atoms with Crippen LogP contribution in [0.15, 0.2) is 17.5 Å². The van der Waals surface area contributed by atoms with Gasteiger partial charge in [-0.05, 0) is 57.5 Å². The minimum atomic E-state index is -0.315. The van der Waals surface area contributed by atoms with Crippen LogP contribution in [0.25, 0.3) is 20.7 Å². The molecule has 0 radical (unpaired) electrons. The summed E-state index contributed by atoms with van der Waals surface area (Å²) in [4.78, 5) is 20.3. The van der Waals surface area contributed by atoms with Gasteiger partial charge in [0.25, 0.3) is 5.91 Å². The molecule has 0 aliphatic carbocycles. The molecule has 4 nitrogen and oxygen atoms in total. The molecule has 1 amide bonds. The monoisotopic (exact) mass is 415 g/mol. The number of anilines is 1. The Balaban J connectivity index is 2.20. The van der Waals surface area contributed by atoms with Gasteiger partial charge in [0.1, 0.15) is 9.71 Å². The van der Waals surface area contributed by atoms with E-state index in [2.05, 4.69) is 36.7 Å².